The first kappa shape index (κ1) is 26.9. The lowest BCUT2D eigenvalue weighted by Crippen LogP contribution is -2.41. The molecule has 1 aromatic heterocycles. The van der Waals surface area contributed by atoms with Gasteiger partial charge in [0.1, 0.15) is 5.75 Å². The van der Waals surface area contributed by atoms with E-state index in [4.69, 9.17) is 4.74 Å². The molecule has 5 nitrogen and oxygen atoms in total. The fraction of sp³-hybridized carbons (Fsp3) is 0.500. The van der Waals surface area contributed by atoms with Crippen LogP contribution in [0.5, 0.6) is 5.75 Å². The molecule has 38 heavy (non-hydrogen) atoms. The maximum Gasteiger partial charge on any atom is 0.230 e. The average Bonchev–Trinajstić information content (AvgIpc) is 3.38. The van der Waals surface area contributed by atoms with E-state index in [0.29, 0.717) is 11.8 Å². The molecule has 0 atom stereocenters. The van der Waals surface area contributed by atoms with Crippen molar-refractivity contribution in [2.45, 2.75) is 77.2 Å². The van der Waals surface area contributed by atoms with Gasteiger partial charge in [0.25, 0.3) is 0 Å². The zero-order valence-electron chi connectivity index (χ0n) is 22.9. The second-order valence-corrected chi connectivity index (χ2v) is 12.4. The van der Waals surface area contributed by atoms with E-state index in [1.54, 1.807) is 18.4 Å². The van der Waals surface area contributed by atoms with Crippen molar-refractivity contribution >= 4 is 22.9 Å². The van der Waals surface area contributed by atoms with E-state index in [1.165, 1.54) is 11.1 Å². The lowest BCUT2D eigenvalue weighted by atomic mass is 9.78. The number of methoxy groups -OCH3 is 1. The maximum atomic E-state index is 13.9. The largest absolute Gasteiger partial charge is 0.496 e. The maximum absolute atomic E-state index is 13.9. The fourth-order valence-electron chi connectivity index (χ4n) is 6.28. The molecule has 0 spiro atoms. The quantitative estimate of drug-likeness (QED) is 0.347. The summed E-state index contributed by atoms with van der Waals surface area (Å²) in [6.45, 7) is 4.90. The third-order valence-electron chi connectivity index (χ3n) is 8.55. The predicted molar refractivity (Wildman–Crippen MR) is 155 cm³/mol. The minimum Gasteiger partial charge on any atom is -0.496 e. The summed E-state index contributed by atoms with van der Waals surface area (Å²) in [5, 5.41) is 11.1. The van der Waals surface area contributed by atoms with Crippen LogP contribution >= 0.6 is 11.3 Å². The summed E-state index contributed by atoms with van der Waals surface area (Å²) >= 11 is 1.68. The lowest BCUT2D eigenvalue weighted by Gasteiger charge is -2.36. The van der Waals surface area contributed by atoms with E-state index in [2.05, 4.69) is 59.3 Å². The smallest absolute Gasteiger partial charge is 0.230 e. The van der Waals surface area contributed by atoms with E-state index in [9.17, 15) is 9.90 Å². The van der Waals surface area contributed by atoms with Crippen LogP contribution in [-0.2, 0) is 4.79 Å². The molecule has 2 aliphatic carbocycles. The van der Waals surface area contributed by atoms with Crippen LogP contribution < -0.4 is 9.64 Å². The normalized spacial score (nSPS) is 23.7. The molecule has 0 unspecified atom stereocenters. The fourth-order valence-corrected chi connectivity index (χ4v) is 7.05. The molecule has 2 fully saturated rings. The first-order valence-corrected chi connectivity index (χ1v) is 14.9. The number of aliphatic hydroxyl groups is 1. The summed E-state index contributed by atoms with van der Waals surface area (Å²) in [6, 6.07) is 15.0. The van der Waals surface area contributed by atoms with E-state index in [-0.39, 0.29) is 17.9 Å². The molecule has 2 saturated carbocycles. The third-order valence-corrected chi connectivity index (χ3v) is 9.52. The van der Waals surface area contributed by atoms with Crippen LogP contribution in [0, 0.1) is 25.7 Å². The van der Waals surface area contributed by atoms with Gasteiger partial charge in [0.05, 0.1) is 23.1 Å². The Hall–Kier alpha value is -2.70. The van der Waals surface area contributed by atoms with Crippen molar-refractivity contribution in [1.82, 2.24) is 4.98 Å². The Kier molecular flexibility index (Phi) is 8.49. The first-order valence-electron chi connectivity index (χ1n) is 14.1. The summed E-state index contributed by atoms with van der Waals surface area (Å²) in [6.07, 6.45) is 9.18. The van der Waals surface area contributed by atoms with Crippen LogP contribution in [0.25, 0.3) is 10.4 Å². The van der Waals surface area contributed by atoms with Crippen LogP contribution in [0.4, 0.5) is 5.69 Å². The molecule has 0 radical (unpaired) electrons. The van der Waals surface area contributed by atoms with Crippen molar-refractivity contribution in [3.63, 3.8) is 0 Å². The van der Waals surface area contributed by atoms with Gasteiger partial charge in [-0.25, -0.2) is 4.98 Å². The van der Waals surface area contributed by atoms with Gasteiger partial charge in [-0.05, 0) is 112 Å². The van der Waals surface area contributed by atoms with Gasteiger partial charge in [-0.2, -0.15) is 0 Å². The van der Waals surface area contributed by atoms with Crippen LogP contribution in [0.1, 0.15) is 73.4 Å². The van der Waals surface area contributed by atoms with Crippen molar-refractivity contribution in [2.75, 3.05) is 18.6 Å². The topological polar surface area (TPSA) is 62.7 Å². The monoisotopic (exact) mass is 532 g/mol. The second-order valence-electron chi connectivity index (χ2n) is 11.2. The highest BCUT2D eigenvalue weighted by molar-refractivity contribution is 7.15. The molecule has 0 bridgehead atoms. The highest BCUT2D eigenvalue weighted by Crippen LogP contribution is 2.39. The second kappa shape index (κ2) is 12.0. The lowest BCUT2D eigenvalue weighted by molar-refractivity contribution is -0.124. The van der Waals surface area contributed by atoms with Gasteiger partial charge in [0, 0.05) is 24.3 Å². The van der Waals surface area contributed by atoms with Crippen molar-refractivity contribution in [1.29, 1.82) is 0 Å². The Morgan fingerprint density at radius 1 is 1.03 bits per heavy atom. The number of thiazole rings is 1. The van der Waals surface area contributed by atoms with Gasteiger partial charge >= 0.3 is 0 Å². The van der Waals surface area contributed by atoms with Crippen molar-refractivity contribution < 1.29 is 14.6 Å². The number of benzene rings is 2. The number of hydrogen-bond donors (Lipinski definition) is 1. The Morgan fingerprint density at radius 2 is 1.79 bits per heavy atom. The molecule has 6 heteroatoms. The number of carbonyl (C=O) groups excluding carboxylic acids is 1. The number of aryl methyl sites for hydroxylation is 2. The number of ether oxygens (including phenoxy) is 1. The molecule has 202 valence electrons. The number of carbonyl (C=O) groups is 1. The Bertz CT molecular complexity index is 1240. The van der Waals surface area contributed by atoms with Crippen molar-refractivity contribution in [3.8, 4) is 16.2 Å². The summed E-state index contributed by atoms with van der Waals surface area (Å²) in [5.41, 5.74) is 4.70. The Labute approximate surface area is 230 Å². The number of hydrogen-bond acceptors (Lipinski definition) is 5. The van der Waals surface area contributed by atoms with Crippen LogP contribution in [0.3, 0.4) is 0 Å². The van der Waals surface area contributed by atoms with Crippen LogP contribution in [-0.4, -0.2) is 35.8 Å². The minimum atomic E-state index is -0.262. The number of amides is 1. The van der Waals surface area contributed by atoms with E-state index in [0.717, 1.165) is 84.8 Å². The first-order chi connectivity index (χ1) is 18.4. The summed E-state index contributed by atoms with van der Waals surface area (Å²) in [7, 11) is 1.73. The number of aliphatic hydroxyl groups excluding tert-OH is 1. The highest BCUT2D eigenvalue weighted by atomic mass is 32.1. The molecule has 1 heterocycles. The molecule has 0 saturated heterocycles. The van der Waals surface area contributed by atoms with Gasteiger partial charge < -0.3 is 14.7 Å². The molecule has 1 amide bonds. The summed E-state index contributed by atoms with van der Waals surface area (Å²) in [4.78, 5) is 21.6. The molecule has 3 aromatic rings. The molecule has 2 aromatic carbocycles. The SMILES string of the molecule is COc1ccc([C@H]2CC[C@H](CN(c3cccc(-c4cnc(C)s4)c3)C(=O)[C@H]3CC[C@H](O)CC3)CC2)cc1C. The summed E-state index contributed by atoms with van der Waals surface area (Å²) < 4.78 is 5.45. The number of rotatable bonds is 7. The minimum absolute atomic E-state index is 0.00804. The van der Waals surface area contributed by atoms with Gasteiger partial charge in [-0.15, -0.1) is 11.3 Å². The van der Waals surface area contributed by atoms with Crippen LogP contribution in [0.2, 0.25) is 0 Å². The van der Waals surface area contributed by atoms with Gasteiger partial charge in [-0.3, -0.25) is 4.79 Å². The predicted octanol–water partition coefficient (Wildman–Crippen LogP) is 7.29. The average molecular weight is 533 g/mol. The van der Waals surface area contributed by atoms with E-state index in [1.807, 2.05) is 13.1 Å². The van der Waals surface area contributed by atoms with Crippen molar-refractivity contribution in [2.24, 2.45) is 11.8 Å². The van der Waals surface area contributed by atoms with E-state index >= 15 is 0 Å². The number of aromatic nitrogens is 1. The molecular weight excluding hydrogens is 492 g/mol. The number of anilines is 1. The number of nitrogens with zero attached hydrogens (tertiary/aromatic N) is 2. The van der Waals surface area contributed by atoms with Gasteiger partial charge in [0.15, 0.2) is 0 Å². The standard InChI is InChI=1S/C32H40N2O3S/c1-21-17-26(13-16-30(21)37-3)24-9-7-23(8-10-24)20-34(32(36)25-11-14-29(35)15-12-25)28-6-4-5-27(18-28)31-19-33-22(2)38-31/h4-6,13,16-19,23-25,29,35H,7-12,14-15,20H2,1-3H3/t23-,24-,25-,29-. The van der Waals surface area contributed by atoms with E-state index < -0.39 is 0 Å². The molecule has 2 aliphatic rings. The third kappa shape index (κ3) is 6.13. The zero-order valence-corrected chi connectivity index (χ0v) is 23.7. The van der Waals surface area contributed by atoms with Gasteiger partial charge in [-0.1, -0.05) is 24.3 Å². The Balaban J connectivity index is 1.32. The molecular formula is C32H40N2O3S. The highest BCUT2D eigenvalue weighted by Gasteiger charge is 2.32. The van der Waals surface area contributed by atoms with Crippen LogP contribution in [0.15, 0.2) is 48.7 Å². The zero-order chi connectivity index (χ0) is 26.6. The Morgan fingerprint density at radius 3 is 2.45 bits per heavy atom. The molecule has 0 aliphatic heterocycles. The van der Waals surface area contributed by atoms with Gasteiger partial charge in [0.2, 0.25) is 5.91 Å². The van der Waals surface area contributed by atoms with Crippen molar-refractivity contribution in [3.05, 3.63) is 64.8 Å². The molecule has 1 N–H and O–H groups in total. The molecule has 5 rings (SSSR count). The summed E-state index contributed by atoms with van der Waals surface area (Å²) in [5.74, 6) is 2.21.